The molecule has 124 valence electrons. The molecule has 0 spiro atoms. The van der Waals surface area contributed by atoms with Crippen LogP contribution in [0.25, 0.3) is 11.0 Å². The summed E-state index contributed by atoms with van der Waals surface area (Å²) in [6.07, 6.45) is 1.74. The molecule has 0 saturated carbocycles. The minimum absolute atomic E-state index is 0. The third-order valence-corrected chi connectivity index (χ3v) is 2.95. The van der Waals surface area contributed by atoms with Gasteiger partial charge in [0, 0.05) is 13.0 Å². The Morgan fingerprint density at radius 1 is 1.32 bits per heavy atom. The number of carbonyl (C=O) groups excluding carboxylic acids is 1. The van der Waals surface area contributed by atoms with E-state index in [0.717, 1.165) is 11.0 Å². The number of carbonyl (C=O) groups is 1. The first-order chi connectivity index (χ1) is 9.52. The number of halogens is 4. The Bertz CT molecular complexity index is 606. The first-order valence-corrected chi connectivity index (χ1v) is 6.26. The predicted molar refractivity (Wildman–Crippen MR) is 85.9 cm³/mol. The van der Waals surface area contributed by atoms with E-state index in [0.29, 0.717) is 6.54 Å². The summed E-state index contributed by atoms with van der Waals surface area (Å²) in [6.45, 7) is -1.12. The number of fused-ring (bicyclic) bond motifs is 1. The average molecular weight is 355 g/mol. The number of nitrogens with zero attached hydrogens (tertiary/aromatic N) is 2. The van der Waals surface area contributed by atoms with Crippen LogP contribution in [0.4, 0.5) is 8.78 Å². The van der Waals surface area contributed by atoms with Crippen molar-refractivity contribution in [1.82, 2.24) is 14.9 Å². The van der Waals surface area contributed by atoms with Crippen molar-refractivity contribution in [3.05, 3.63) is 30.6 Å². The van der Waals surface area contributed by atoms with Gasteiger partial charge < -0.3 is 15.6 Å². The molecule has 0 aliphatic carbocycles. The predicted octanol–water partition coefficient (Wildman–Crippen LogP) is 1.98. The molecule has 0 saturated heterocycles. The number of imidazole rings is 1. The van der Waals surface area contributed by atoms with Crippen molar-refractivity contribution < 1.29 is 13.6 Å². The van der Waals surface area contributed by atoms with E-state index in [4.69, 9.17) is 5.73 Å². The minimum Gasteiger partial charge on any atom is -0.350 e. The Balaban J connectivity index is 0.00000220. The molecule has 0 fully saturated rings. The van der Waals surface area contributed by atoms with Gasteiger partial charge in [0.05, 0.1) is 30.5 Å². The van der Waals surface area contributed by atoms with Crippen LogP contribution in [0, 0.1) is 0 Å². The van der Waals surface area contributed by atoms with Crippen LogP contribution in [0.3, 0.4) is 0 Å². The zero-order chi connectivity index (χ0) is 14.6. The van der Waals surface area contributed by atoms with Gasteiger partial charge in [0.25, 0.3) is 5.92 Å². The standard InChI is InChI=1S/C13H16F2N4O.2ClH/c14-13(15,7-16)8-17-12(20)5-6-19-9-18-10-3-1-2-4-11(10)19;;/h1-4,9H,5-8,16H2,(H,17,20);2*1H. The average Bonchev–Trinajstić information content (AvgIpc) is 2.86. The van der Waals surface area contributed by atoms with Crippen LogP contribution < -0.4 is 11.1 Å². The lowest BCUT2D eigenvalue weighted by atomic mass is 10.3. The highest BCUT2D eigenvalue weighted by Crippen LogP contribution is 2.12. The van der Waals surface area contributed by atoms with Gasteiger partial charge in [0.1, 0.15) is 0 Å². The molecule has 9 heteroatoms. The monoisotopic (exact) mass is 354 g/mol. The van der Waals surface area contributed by atoms with Crippen LogP contribution in [0.5, 0.6) is 0 Å². The van der Waals surface area contributed by atoms with Crippen molar-refractivity contribution in [1.29, 1.82) is 0 Å². The van der Waals surface area contributed by atoms with Crippen molar-refractivity contribution in [3.63, 3.8) is 0 Å². The van der Waals surface area contributed by atoms with Crippen molar-refractivity contribution in [2.24, 2.45) is 5.73 Å². The second-order valence-electron chi connectivity index (χ2n) is 4.51. The smallest absolute Gasteiger partial charge is 0.277 e. The van der Waals surface area contributed by atoms with Crippen LogP contribution in [0.1, 0.15) is 6.42 Å². The molecule has 3 N–H and O–H groups in total. The van der Waals surface area contributed by atoms with Gasteiger partial charge in [-0.3, -0.25) is 4.79 Å². The summed E-state index contributed by atoms with van der Waals surface area (Å²) in [4.78, 5) is 15.7. The number of nitrogens with two attached hydrogens (primary N) is 1. The van der Waals surface area contributed by atoms with Gasteiger partial charge >= 0.3 is 0 Å². The lowest BCUT2D eigenvalue weighted by Crippen LogP contribution is -2.41. The Hall–Kier alpha value is -1.44. The number of nitrogens with one attached hydrogen (secondary N) is 1. The number of hydrogen-bond donors (Lipinski definition) is 2. The van der Waals surface area contributed by atoms with Gasteiger partial charge in [-0.15, -0.1) is 24.8 Å². The van der Waals surface area contributed by atoms with E-state index < -0.39 is 24.9 Å². The van der Waals surface area contributed by atoms with Gasteiger partial charge in [-0.2, -0.15) is 0 Å². The first-order valence-electron chi connectivity index (χ1n) is 6.26. The summed E-state index contributed by atoms with van der Waals surface area (Å²) in [7, 11) is 0. The van der Waals surface area contributed by atoms with Crippen molar-refractivity contribution in [3.8, 4) is 0 Å². The number of alkyl halides is 2. The highest BCUT2D eigenvalue weighted by atomic mass is 35.5. The molecule has 1 heterocycles. The van der Waals surface area contributed by atoms with E-state index in [9.17, 15) is 13.6 Å². The summed E-state index contributed by atoms with van der Waals surface area (Å²) in [5, 5.41) is 2.18. The number of benzene rings is 1. The number of amides is 1. The van der Waals surface area contributed by atoms with Crippen LogP contribution in [-0.4, -0.2) is 34.5 Å². The summed E-state index contributed by atoms with van der Waals surface area (Å²) >= 11 is 0. The van der Waals surface area contributed by atoms with Gasteiger partial charge in [-0.25, -0.2) is 13.8 Å². The summed E-state index contributed by atoms with van der Waals surface area (Å²) < 4.78 is 27.6. The maximum atomic E-state index is 12.9. The molecule has 0 radical (unpaired) electrons. The van der Waals surface area contributed by atoms with Gasteiger partial charge in [0.2, 0.25) is 5.91 Å². The molecule has 22 heavy (non-hydrogen) atoms. The Kier molecular flexibility index (Phi) is 8.29. The largest absolute Gasteiger partial charge is 0.350 e. The highest BCUT2D eigenvalue weighted by molar-refractivity contribution is 5.85. The molecule has 5 nitrogen and oxygen atoms in total. The Morgan fingerprint density at radius 2 is 2.00 bits per heavy atom. The third kappa shape index (κ3) is 5.40. The zero-order valence-electron chi connectivity index (χ0n) is 11.7. The van der Waals surface area contributed by atoms with E-state index in [1.54, 1.807) is 6.33 Å². The normalized spacial score (nSPS) is 10.7. The molecule has 1 aromatic heterocycles. The van der Waals surface area contributed by atoms with E-state index in [-0.39, 0.29) is 31.2 Å². The molecular weight excluding hydrogens is 337 g/mol. The maximum Gasteiger partial charge on any atom is 0.277 e. The van der Waals surface area contributed by atoms with E-state index >= 15 is 0 Å². The number of aryl methyl sites for hydroxylation is 1. The Labute approximate surface area is 139 Å². The molecule has 0 unspecified atom stereocenters. The molecule has 0 aliphatic rings. The van der Waals surface area contributed by atoms with Crippen molar-refractivity contribution in [2.45, 2.75) is 18.9 Å². The first kappa shape index (κ1) is 20.6. The Morgan fingerprint density at radius 3 is 2.68 bits per heavy atom. The second-order valence-corrected chi connectivity index (χ2v) is 4.51. The quantitative estimate of drug-likeness (QED) is 0.832. The van der Waals surface area contributed by atoms with Gasteiger partial charge in [0.15, 0.2) is 0 Å². The summed E-state index contributed by atoms with van der Waals surface area (Å²) in [5.74, 6) is -3.49. The molecule has 2 rings (SSSR count). The fraction of sp³-hybridized carbons (Fsp3) is 0.385. The van der Waals surface area contributed by atoms with E-state index in [2.05, 4.69) is 10.3 Å². The fourth-order valence-electron chi connectivity index (χ4n) is 1.80. The maximum absolute atomic E-state index is 12.9. The number of para-hydroxylation sites is 2. The fourth-order valence-corrected chi connectivity index (χ4v) is 1.80. The molecule has 0 aliphatic heterocycles. The summed E-state index contributed by atoms with van der Waals surface area (Å²) in [5.41, 5.74) is 6.64. The van der Waals surface area contributed by atoms with Crippen molar-refractivity contribution in [2.75, 3.05) is 13.1 Å². The number of rotatable bonds is 6. The zero-order valence-corrected chi connectivity index (χ0v) is 13.3. The van der Waals surface area contributed by atoms with E-state index in [1.165, 1.54) is 0 Å². The van der Waals surface area contributed by atoms with Gasteiger partial charge in [-0.1, -0.05) is 12.1 Å². The van der Waals surface area contributed by atoms with Crippen LogP contribution in [-0.2, 0) is 11.3 Å². The molecule has 2 aromatic rings. The van der Waals surface area contributed by atoms with Crippen LogP contribution >= 0.6 is 24.8 Å². The van der Waals surface area contributed by atoms with E-state index in [1.807, 2.05) is 28.8 Å². The lowest BCUT2D eigenvalue weighted by molar-refractivity contribution is -0.123. The van der Waals surface area contributed by atoms with Crippen LogP contribution in [0.2, 0.25) is 0 Å². The third-order valence-electron chi connectivity index (χ3n) is 2.95. The summed E-state index contributed by atoms with van der Waals surface area (Å²) in [6, 6.07) is 7.51. The highest BCUT2D eigenvalue weighted by Gasteiger charge is 2.26. The lowest BCUT2D eigenvalue weighted by Gasteiger charge is -2.14. The molecular formula is C13H18Cl2F2N4O. The molecule has 0 bridgehead atoms. The number of aromatic nitrogens is 2. The minimum atomic E-state index is -3.06. The second kappa shape index (κ2) is 8.87. The molecule has 1 aromatic carbocycles. The van der Waals surface area contributed by atoms with Crippen molar-refractivity contribution >= 4 is 41.8 Å². The number of hydrogen-bond acceptors (Lipinski definition) is 3. The van der Waals surface area contributed by atoms with Crippen LogP contribution in [0.15, 0.2) is 30.6 Å². The molecule has 0 atom stereocenters. The molecule has 1 amide bonds. The van der Waals surface area contributed by atoms with Gasteiger partial charge in [-0.05, 0) is 12.1 Å². The topological polar surface area (TPSA) is 72.9 Å². The SMILES string of the molecule is Cl.Cl.NCC(F)(F)CNC(=O)CCn1cnc2ccccc21.